The Morgan fingerprint density at radius 1 is 0.329 bits per heavy atom. The van der Waals surface area contributed by atoms with E-state index in [1.54, 1.807) is 0 Å². The molecule has 5 atom stereocenters. The number of phosphoric ester groups is 2. The van der Waals surface area contributed by atoms with Gasteiger partial charge in [0.25, 0.3) is 0 Å². The van der Waals surface area contributed by atoms with Crippen LogP contribution in [0.15, 0.2) is 0 Å². The molecule has 486 valence electrons. The monoisotopic (exact) mass is 1210 g/mol. The summed E-state index contributed by atoms with van der Waals surface area (Å²) >= 11 is 0. The van der Waals surface area contributed by atoms with Gasteiger partial charge in [-0.25, -0.2) is 9.13 Å². The number of hydrogen-bond donors (Lipinski definition) is 3. The molecule has 0 aliphatic heterocycles. The van der Waals surface area contributed by atoms with Crippen molar-refractivity contribution in [1.82, 2.24) is 0 Å². The summed E-state index contributed by atoms with van der Waals surface area (Å²) in [5, 5.41) is 10.5. The van der Waals surface area contributed by atoms with Crippen LogP contribution in [0.25, 0.3) is 0 Å². The summed E-state index contributed by atoms with van der Waals surface area (Å²) in [5.41, 5.74) is 0. The molecule has 0 saturated heterocycles. The van der Waals surface area contributed by atoms with Crippen LogP contribution in [0, 0.1) is 11.8 Å². The normalized spacial score (nSPS) is 14.3. The van der Waals surface area contributed by atoms with E-state index in [1.807, 2.05) is 0 Å². The van der Waals surface area contributed by atoms with Crippen LogP contribution < -0.4 is 0 Å². The van der Waals surface area contributed by atoms with Crippen molar-refractivity contribution in [3.8, 4) is 0 Å². The summed E-state index contributed by atoms with van der Waals surface area (Å²) in [6, 6.07) is 0. The van der Waals surface area contributed by atoms with E-state index in [2.05, 4.69) is 41.5 Å². The molecular weight excluding hydrogens is 1090 g/mol. The number of aliphatic hydroxyl groups is 1. The Morgan fingerprint density at radius 2 is 0.561 bits per heavy atom. The Hall–Kier alpha value is -1.94. The Balaban J connectivity index is 5.08. The van der Waals surface area contributed by atoms with Gasteiger partial charge in [0, 0.05) is 25.7 Å². The Morgan fingerprint density at radius 3 is 0.829 bits per heavy atom. The standard InChI is InChI=1S/C63H122O17P2/c1-7-9-11-31-39-45-60(65)73-51-58(79-62(67)47-41-32-12-10-8-2)53-77-81(69,70)75-49-57(64)50-76-82(71,72)78-54-59(52-74-61(66)46-40-35-29-25-22-21-24-28-34-38-44-56(5)6)80-63(68)48-42-36-30-26-20-18-16-14-13-15-17-19-23-27-33-37-43-55(3)4/h55-59,64H,7-54H2,1-6H3,(H,69,70)(H,71,72)/t57-,58+,59+/m0/s1. The molecule has 0 fully saturated rings. The van der Waals surface area contributed by atoms with Crippen LogP contribution in [0.5, 0.6) is 0 Å². The quantitative estimate of drug-likeness (QED) is 0.0222. The van der Waals surface area contributed by atoms with Crippen molar-refractivity contribution in [2.24, 2.45) is 11.8 Å². The van der Waals surface area contributed by atoms with E-state index in [4.69, 9.17) is 37.0 Å². The largest absolute Gasteiger partial charge is 0.472 e. The molecule has 0 aliphatic carbocycles. The molecule has 0 aromatic rings. The number of unbranched alkanes of at least 4 members (excludes halogenated alkanes) is 32. The number of phosphoric acid groups is 2. The van der Waals surface area contributed by atoms with Crippen LogP contribution >= 0.6 is 15.6 Å². The summed E-state index contributed by atoms with van der Waals surface area (Å²) < 4.78 is 67.5. The molecule has 3 N–H and O–H groups in total. The lowest BCUT2D eigenvalue weighted by molar-refractivity contribution is -0.161. The summed E-state index contributed by atoms with van der Waals surface area (Å²) in [6.45, 7) is 9.33. The fourth-order valence-corrected chi connectivity index (χ4v) is 10.9. The van der Waals surface area contributed by atoms with Gasteiger partial charge in [-0.1, -0.05) is 260 Å². The van der Waals surface area contributed by atoms with E-state index >= 15 is 0 Å². The highest BCUT2D eigenvalue weighted by atomic mass is 31.2. The molecule has 0 aliphatic rings. The fraction of sp³-hybridized carbons (Fsp3) is 0.937. The smallest absolute Gasteiger partial charge is 0.462 e. The van der Waals surface area contributed by atoms with Gasteiger partial charge >= 0.3 is 39.5 Å². The fourth-order valence-electron chi connectivity index (χ4n) is 9.35. The van der Waals surface area contributed by atoms with Crippen LogP contribution in [0.1, 0.15) is 311 Å². The van der Waals surface area contributed by atoms with Crippen LogP contribution in [-0.4, -0.2) is 96.7 Å². The zero-order valence-corrected chi connectivity index (χ0v) is 54.6. The minimum atomic E-state index is -4.94. The Kier molecular flexibility index (Phi) is 54.3. The number of esters is 4. The summed E-state index contributed by atoms with van der Waals surface area (Å²) in [7, 11) is -9.86. The molecule has 0 radical (unpaired) electrons. The maximum absolute atomic E-state index is 13.0. The molecule has 19 heteroatoms. The van der Waals surface area contributed by atoms with Gasteiger partial charge < -0.3 is 33.8 Å². The maximum atomic E-state index is 13.0. The number of carbonyl (C=O) groups excluding carboxylic acids is 4. The van der Waals surface area contributed by atoms with Crippen LogP contribution in [-0.2, 0) is 65.4 Å². The zero-order valence-electron chi connectivity index (χ0n) is 52.8. The van der Waals surface area contributed by atoms with Gasteiger partial charge in [-0.15, -0.1) is 0 Å². The van der Waals surface area contributed by atoms with Crippen LogP contribution in [0.2, 0.25) is 0 Å². The van der Waals surface area contributed by atoms with E-state index in [0.717, 1.165) is 108 Å². The van der Waals surface area contributed by atoms with Crippen molar-refractivity contribution in [2.45, 2.75) is 330 Å². The average Bonchev–Trinajstić information content (AvgIpc) is 3.45. The molecular formula is C63H122O17P2. The first-order chi connectivity index (χ1) is 39.4. The van der Waals surface area contributed by atoms with Gasteiger partial charge in [0.2, 0.25) is 0 Å². The first kappa shape index (κ1) is 80.1. The highest BCUT2D eigenvalue weighted by Gasteiger charge is 2.30. The molecule has 0 saturated carbocycles. The molecule has 2 unspecified atom stereocenters. The van der Waals surface area contributed by atoms with Crippen molar-refractivity contribution in [3.05, 3.63) is 0 Å². The van der Waals surface area contributed by atoms with E-state index < -0.39 is 97.5 Å². The summed E-state index contributed by atoms with van der Waals surface area (Å²) in [5.74, 6) is -0.590. The van der Waals surface area contributed by atoms with Crippen molar-refractivity contribution < 1.29 is 80.2 Å². The van der Waals surface area contributed by atoms with Crippen LogP contribution in [0.3, 0.4) is 0 Å². The number of rotatable bonds is 62. The van der Waals surface area contributed by atoms with Crippen molar-refractivity contribution >= 4 is 39.5 Å². The molecule has 0 amide bonds. The molecule has 0 bridgehead atoms. The molecule has 0 aromatic carbocycles. The molecule has 17 nitrogen and oxygen atoms in total. The number of hydrogen-bond acceptors (Lipinski definition) is 15. The highest BCUT2D eigenvalue weighted by molar-refractivity contribution is 7.47. The van der Waals surface area contributed by atoms with Gasteiger partial charge in [0.1, 0.15) is 19.3 Å². The topological polar surface area (TPSA) is 237 Å². The van der Waals surface area contributed by atoms with Gasteiger partial charge in [0.15, 0.2) is 12.2 Å². The molecule has 0 heterocycles. The van der Waals surface area contributed by atoms with E-state index in [9.17, 15) is 43.2 Å². The minimum Gasteiger partial charge on any atom is -0.462 e. The van der Waals surface area contributed by atoms with E-state index in [0.29, 0.717) is 25.7 Å². The molecule has 82 heavy (non-hydrogen) atoms. The Bertz CT molecular complexity index is 1620. The lowest BCUT2D eigenvalue weighted by Gasteiger charge is -2.21. The third kappa shape index (κ3) is 57.2. The summed E-state index contributed by atoms with van der Waals surface area (Å²) in [4.78, 5) is 71.6. The van der Waals surface area contributed by atoms with Gasteiger partial charge in [-0.3, -0.25) is 37.3 Å². The van der Waals surface area contributed by atoms with Gasteiger partial charge in [0.05, 0.1) is 26.4 Å². The second-order valence-corrected chi connectivity index (χ2v) is 26.7. The zero-order chi connectivity index (χ0) is 60.8. The second kappa shape index (κ2) is 55.6. The molecule has 0 rings (SSSR count). The maximum Gasteiger partial charge on any atom is 0.472 e. The summed E-state index contributed by atoms with van der Waals surface area (Å²) in [6.07, 6.45) is 38.4. The van der Waals surface area contributed by atoms with Gasteiger partial charge in [-0.2, -0.15) is 0 Å². The van der Waals surface area contributed by atoms with Crippen LogP contribution in [0.4, 0.5) is 0 Å². The molecule has 0 aromatic heterocycles. The predicted molar refractivity (Wildman–Crippen MR) is 326 cm³/mol. The van der Waals surface area contributed by atoms with E-state index in [1.165, 1.54) is 122 Å². The molecule has 0 spiro atoms. The third-order valence-electron chi connectivity index (χ3n) is 14.5. The first-order valence-corrected chi connectivity index (χ1v) is 36.0. The van der Waals surface area contributed by atoms with Gasteiger partial charge in [-0.05, 0) is 37.5 Å². The van der Waals surface area contributed by atoms with Crippen molar-refractivity contribution in [2.75, 3.05) is 39.6 Å². The number of carbonyl (C=O) groups is 4. The lowest BCUT2D eigenvalue weighted by atomic mass is 10.0. The SMILES string of the molecule is CCCCCCCC(=O)OC[C@H](COP(=O)(O)OC[C@H](O)COP(=O)(O)OC[C@@H](COC(=O)CCCCCCCCCCCCC(C)C)OC(=O)CCCCCCCCCCCCCCCCCCC(C)C)OC(=O)CCCCCCC. The van der Waals surface area contributed by atoms with Crippen molar-refractivity contribution in [3.63, 3.8) is 0 Å². The lowest BCUT2D eigenvalue weighted by Crippen LogP contribution is -2.30. The third-order valence-corrected chi connectivity index (χ3v) is 16.4. The minimum absolute atomic E-state index is 0.0986. The predicted octanol–water partition coefficient (Wildman–Crippen LogP) is 17.3. The second-order valence-electron chi connectivity index (χ2n) is 23.7. The first-order valence-electron chi connectivity index (χ1n) is 33.0. The Labute approximate surface area is 498 Å². The van der Waals surface area contributed by atoms with Crippen molar-refractivity contribution in [1.29, 1.82) is 0 Å². The highest BCUT2D eigenvalue weighted by Crippen LogP contribution is 2.45. The number of ether oxygens (including phenoxy) is 4. The van der Waals surface area contributed by atoms with E-state index in [-0.39, 0.29) is 25.7 Å². The number of aliphatic hydroxyl groups excluding tert-OH is 1. The average molecular weight is 1210 g/mol.